The Hall–Kier alpha value is -3.51. The largest absolute Gasteiger partial charge is 0.493 e. The van der Waals surface area contributed by atoms with Gasteiger partial charge in [-0.05, 0) is 53.9 Å². The molecule has 1 heterocycles. The lowest BCUT2D eigenvalue weighted by molar-refractivity contribution is -0.140. The Balaban J connectivity index is 1.37. The first kappa shape index (κ1) is 23.6. The van der Waals surface area contributed by atoms with Gasteiger partial charge in [-0.25, -0.2) is 0 Å². The lowest BCUT2D eigenvalue weighted by Crippen LogP contribution is -2.46. The van der Waals surface area contributed by atoms with Crippen molar-refractivity contribution in [2.24, 2.45) is 0 Å². The smallest absolute Gasteiger partial charge is 0.305 e. The second-order valence-electron chi connectivity index (χ2n) is 7.99. The van der Waals surface area contributed by atoms with Gasteiger partial charge < -0.3 is 19.1 Å². The molecule has 0 radical (unpaired) electrons. The van der Waals surface area contributed by atoms with E-state index in [0.29, 0.717) is 48.9 Å². The van der Waals surface area contributed by atoms with Crippen LogP contribution in [0.4, 0.5) is 5.69 Å². The van der Waals surface area contributed by atoms with E-state index in [-0.39, 0.29) is 11.9 Å². The molecule has 6 nitrogen and oxygen atoms in total. The highest BCUT2D eigenvalue weighted by Gasteiger charge is 2.34. The standard InChI is InChI=1S/C27H26ClNO5/c1-32-26(30)14-11-19-9-12-22(13-10-19)33-16-15-25-27(31)29(18-20-5-4-6-21(28)17-20)23-7-2-3-8-24(23)34-25/h2-10,12-13,17,25H,11,14-16,18H2,1H3. The number of methoxy groups -OCH3 is 1. The molecule has 176 valence electrons. The predicted octanol–water partition coefficient (Wildman–Crippen LogP) is 5.21. The highest BCUT2D eigenvalue weighted by molar-refractivity contribution is 6.30. The van der Waals surface area contributed by atoms with Crippen LogP contribution in [0.1, 0.15) is 24.0 Å². The van der Waals surface area contributed by atoms with Crippen molar-refractivity contribution in [1.82, 2.24) is 0 Å². The number of carbonyl (C=O) groups is 2. The Morgan fingerprint density at radius 1 is 1.03 bits per heavy atom. The molecule has 1 unspecified atom stereocenters. The number of fused-ring (bicyclic) bond motifs is 1. The average molecular weight is 480 g/mol. The molecule has 1 aliphatic rings. The molecule has 1 atom stereocenters. The number of esters is 1. The summed E-state index contributed by atoms with van der Waals surface area (Å²) >= 11 is 6.14. The number of aryl methyl sites for hydroxylation is 1. The van der Waals surface area contributed by atoms with Gasteiger partial charge in [-0.1, -0.05) is 48.0 Å². The Bertz CT molecular complexity index is 1150. The monoisotopic (exact) mass is 479 g/mol. The number of rotatable bonds is 9. The van der Waals surface area contributed by atoms with Crippen molar-refractivity contribution in [3.05, 3.63) is 88.9 Å². The fraction of sp³-hybridized carbons (Fsp3) is 0.259. The molecule has 0 aromatic heterocycles. The van der Waals surface area contributed by atoms with Crippen LogP contribution >= 0.6 is 11.6 Å². The number of benzene rings is 3. The molecular formula is C27H26ClNO5. The van der Waals surface area contributed by atoms with Crippen LogP contribution in [0.25, 0.3) is 0 Å². The third kappa shape index (κ3) is 5.88. The van der Waals surface area contributed by atoms with Crippen molar-refractivity contribution in [3.8, 4) is 11.5 Å². The number of amides is 1. The number of hydrogen-bond acceptors (Lipinski definition) is 5. The lowest BCUT2D eigenvalue weighted by Gasteiger charge is -2.34. The molecule has 1 amide bonds. The van der Waals surface area contributed by atoms with Gasteiger partial charge in [0.05, 0.1) is 25.9 Å². The summed E-state index contributed by atoms with van der Waals surface area (Å²) in [5.74, 6) is 1.02. The Labute approximate surface area is 204 Å². The minimum absolute atomic E-state index is 0.111. The molecule has 7 heteroatoms. The van der Waals surface area contributed by atoms with Crippen LogP contribution in [0.3, 0.4) is 0 Å². The van der Waals surface area contributed by atoms with Gasteiger partial charge >= 0.3 is 5.97 Å². The van der Waals surface area contributed by atoms with E-state index in [0.717, 1.165) is 16.8 Å². The van der Waals surface area contributed by atoms with Crippen LogP contribution in [-0.4, -0.2) is 31.7 Å². The highest BCUT2D eigenvalue weighted by Crippen LogP contribution is 2.35. The molecule has 0 saturated carbocycles. The van der Waals surface area contributed by atoms with Gasteiger partial charge in [0.25, 0.3) is 5.91 Å². The number of ether oxygens (including phenoxy) is 3. The fourth-order valence-corrected chi connectivity index (χ4v) is 4.04. The maximum atomic E-state index is 13.3. The maximum Gasteiger partial charge on any atom is 0.305 e. The second kappa shape index (κ2) is 11.1. The van der Waals surface area contributed by atoms with Crippen LogP contribution in [-0.2, 0) is 27.3 Å². The van der Waals surface area contributed by atoms with Crippen LogP contribution < -0.4 is 14.4 Å². The molecule has 0 N–H and O–H groups in total. The summed E-state index contributed by atoms with van der Waals surface area (Å²) in [4.78, 5) is 26.3. The van der Waals surface area contributed by atoms with Gasteiger partial charge in [-0.2, -0.15) is 0 Å². The molecule has 3 aromatic carbocycles. The van der Waals surface area contributed by atoms with E-state index in [2.05, 4.69) is 4.74 Å². The number of anilines is 1. The van der Waals surface area contributed by atoms with E-state index in [1.807, 2.05) is 72.8 Å². The van der Waals surface area contributed by atoms with Crippen molar-refractivity contribution in [2.45, 2.75) is 31.9 Å². The lowest BCUT2D eigenvalue weighted by atomic mass is 10.1. The number of carbonyl (C=O) groups excluding carboxylic acids is 2. The van der Waals surface area contributed by atoms with E-state index in [9.17, 15) is 9.59 Å². The minimum atomic E-state index is -0.645. The molecule has 0 bridgehead atoms. The molecule has 1 aliphatic heterocycles. The van der Waals surface area contributed by atoms with Gasteiger partial charge in [0, 0.05) is 17.9 Å². The topological polar surface area (TPSA) is 65.1 Å². The van der Waals surface area contributed by atoms with E-state index in [1.165, 1.54) is 7.11 Å². The summed E-state index contributed by atoms with van der Waals surface area (Å²) < 4.78 is 16.5. The SMILES string of the molecule is COC(=O)CCc1ccc(OCCC2Oc3ccccc3N(Cc3cccc(Cl)c3)C2=O)cc1. The summed E-state index contributed by atoms with van der Waals surface area (Å²) in [5.41, 5.74) is 2.71. The molecule has 4 rings (SSSR count). The first-order chi connectivity index (χ1) is 16.5. The number of para-hydroxylation sites is 2. The van der Waals surface area contributed by atoms with Gasteiger partial charge in [-0.15, -0.1) is 0 Å². The van der Waals surface area contributed by atoms with Gasteiger partial charge in [-0.3, -0.25) is 9.59 Å². The Morgan fingerprint density at radius 3 is 2.59 bits per heavy atom. The van der Waals surface area contributed by atoms with Crippen molar-refractivity contribution >= 4 is 29.2 Å². The predicted molar refractivity (Wildman–Crippen MR) is 130 cm³/mol. The normalized spacial score (nSPS) is 14.8. The Morgan fingerprint density at radius 2 is 1.82 bits per heavy atom. The van der Waals surface area contributed by atoms with Gasteiger partial charge in [0.15, 0.2) is 6.10 Å². The van der Waals surface area contributed by atoms with Crippen molar-refractivity contribution in [1.29, 1.82) is 0 Å². The summed E-state index contributed by atoms with van der Waals surface area (Å²) in [6.45, 7) is 0.731. The quantitative estimate of drug-likeness (QED) is 0.394. The Kier molecular flexibility index (Phi) is 7.70. The summed E-state index contributed by atoms with van der Waals surface area (Å²) in [6.07, 6.45) is 0.710. The average Bonchev–Trinajstić information content (AvgIpc) is 2.85. The van der Waals surface area contributed by atoms with Gasteiger partial charge in [0.2, 0.25) is 0 Å². The first-order valence-corrected chi connectivity index (χ1v) is 11.5. The molecule has 34 heavy (non-hydrogen) atoms. The molecular weight excluding hydrogens is 454 g/mol. The maximum absolute atomic E-state index is 13.3. The molecule has 0 saturated heterocycles. The molecule has 0 aliphatic carbocycles. The third-order valence-electron chi connectivity index (χ3n) is 5.61. The van der Waals surface area contributed by atoms with Crippen molar-refractivity contribution in [2.75, 3.05) is 18.6 Å². The number of hydrogen-bond donors (Lipinski definition) is 0. The van der Waals surface area contributed by atoms with Crippen LogP contribution in [0.2, 0.25) is 5.02 Å². The zero-order valence-electron chi connectivity index (χ0n) is 18.9. The van der Waals surface area contributed by atoms with E-state index < -0.39 is 6.10 Å². The zero-order valence-corrected chi connectivity index (χ0v) is 19.7. The van der Waals surface area contributed by atoms with Gasteiger partial charge in [0.1, 0.15) is 11.5 Å². The zero-order chi connectivity index (χ0) is 23.9. The second-order valence-corrected chi connectivity index (χ2v) is 8.42. The number of halogens is 1. The first-order valence-electron chi connectivity index (χ1n) is 11.1. The van der Waals surface area contributed by atoms with Crippen molar-refractivity contribution < 1.29 is 23.8 Å². The van der Waals surface area contributed by atoms with E-state index >= 15 is 0 Å². The van der Waals surface area contributed by atoms with Crippen LogP contribution in [0, 0.1) is 0 Å². The summed E-state index contributed by atoms with van der Waals surface area (Å²) in [7, 11) is 1.38. The van der Waals surface area contributed by atoms with Crippen LogP contribution in [0.15, 0.2) is 72.8 Å². The molecule has 0 spiro atoms. The fourth-order valence-electron chi connectivity index (χ4n) is 3.82. The van der Waals surface area contributed by atoms with Crippen LogP contribution in [0.5, 0.6) is 11.5 Å². The highest BCUT2D eigenvalue weighted by atomic mass is 35.5. The molecule has 3 aromatic rings. The van der Waals surface area contributed by atoms with E-state index in [4.69, 9.17) is 21.1 Å². The minimum Gasteiger partial charge on any atom is -0.493 e. The summed E-state index contributed by atoms with van der Waals surface area (Å²) in [5, 5.41) is 0.632. The van der Waals surface area contributed by atoms with E-state index in [1.54, 1.807) is 4.90 Å². The van der Waals surface area contributed by atoms with Crippen molar-refractivity contribution in [3.63, 3.8) is 0 Å². The summed E-state index contributed by atoms with van der Waals surface area (Å²) in [6, 6.07) is 22.6. The molecule has 0 fully saturated rings. The number of nitrogens with zero attached hydrogens (tertiary/aromatic N) is 1. The third-order valence-corrected chi connectivity index (χ3v) is 5.85.